The number of anilines is 1. The summed E-state index contributed by atoms with van der Waals surface area (Å²) in [6.07, 6.45) is 2.24. The van der Waals surface area contributed by atoms with Crippen molar-refractivity contribution in [3.63, 3.8) is 0 Å². The molecule has 3 heterocycles. The summed E-state index contributed by atoms with van der Waals surface area (Å²) in [5.41, 5.74) is 1.21. The molecule has 0 bridgehead atoms. The number of piperidine rings is 1. The Labute approximate surface area is 191 Å². The number of sulfonamides is 1. The van der Waals surface area contributed by atoms with Gasteiger partial charge in [-0.1, -0.05) is 30.7 Å². The molecule has 0 spiro atoms. The van der Waals surface area contributed by atoms with Crippen molar-refractivity contribution in [3.8, 4) is 5.69 Å². The van der Waals surface area contributed by atoms with Gasteiger partial charge >= 0.3 is 0 Å². The van der Waals surface area contributed by atoms with Crippen LogP contribution in [0.2, 0.25) is 0 Å². The van der Waals surface area contributed by atoms with Crippen LogP contribution in [0.15, 0.2) is 56.8 Å². The summed E-state index contributed by atoms with van der Waals surface area (Å²) < 4.78 is 31.0. The van der Waals surface area contributed by atoms with Gasteiger partial charge in [-0.2, -0.15) is 4.31 Å². The molecule has 1 fully saturated rings. The Morgan fingerprint density at radius 2 is 1.91 bits per heavy atom. The van der Waals surface area contributed by atoms with Crippen LogP contribution in [0, 0.1) is 6.92 Å². The average molecular weight is 475 g/mol. The molecule has 1 atom stereocenters. The molecule has 1 aliphatic heterocycles. The molecular formula is C22H26N4O4S2. The smallest absolute Gasteiger partial charge is 0.295 e. The van der Waals surface area contributed by atoms with E-state index in [1.54, 1.807) is 36.2 Å². The van der Waals surface area contributed by atoms with Gasteiger partial charge in [-0.25, -0.2) is 13.1 Å². The average Bonchev–Trinajstić information content (AvgIpc) is 3.39. The van der Waals surface area contributed by atoms with Crippen LogP contribution in [-0.4, -0.2) is 40.6 Å². The van der Waals surface area contributed by atoms with E-state index in [0.717, 1.165) is 12.8 Å². The largest absolute Gasteiger partial charge is 0.320 e. The third-order valence-corrected chi connectivity index (χ3v) is 9.20. The molecule has 0 saturated carbocycles. The summed E-state index contributed by atoms with van der Waals surface area (Å²) in [6, 6.07) is 12.1. The van der Waals surface area contributed by atoms with Crippen LogP contribution in [0.1, 0.15) is 31.4 Å². The zero-order chi connectivity index (χ0) is 22.9. The van der Waals surface area contributed by atoms with E-state index >= 15 is 0 Å². The second kappa shape index (κ2) is 9.05. The fourth-order valence-corrected chi connectivity index (χ4v) is 6.95. The zero-order valence-electron chi connectivity index (χ0n) is 18.0. The van der Waals surface area contributed by atoms with E-state index < -0.39 is 16.1 Å². The van der Waals surface area contributed by atoms with E-state index in [0.29, 0.717) is 24.3 Å². The number of hydrogen-bond donors (Lipinski definition) is 1. The number of hydrogen-bond acceptors (Lipinski definition) is 5. The quantitative estimate of drug-likeness (QED) is 0.594. The Morgan fingerprint density at radius 1 is 1.16 bits per heavy atom. The Hall–Kier alpha value is -2.69. The first-order valence-corrected chi connectivity index (χ1v) is 12.8. The highest BCUT2D eigenvalue weighted by Gasteiger charge is 2.35. The van der Waals surface area contributed by atoms with Crippen LogP contribution in [0.4, 0.5) is 5.69 Å². The van der Waals surface area contributed by atoms with E-state index in [9.17, 15) is 18.0 Å². The molecular weight excluding hydrogens is 448 g/mol. The van der Waals surface area contributed by atoms with E-state index in [1.807, 2.05) is 30.3 Å². The third-order valence-electron chi connectivity index (χ3n) is 5.87. The molecule has 1 aromatic carbocycles. The number of rotatable bonds is 6. The summed E-state index contributed by atoms with van der Waals surface area (Å²) in [4.78, 5) is 26.0. The second-order valence-electron chi connectivity index (χ2n) is 7.89. The van der Waals surface area contributed by atoms with Gasteiger partial charge in [0.15, 0.2) is 0 Å². The van der Waals surface area contributed by atoms with Crippen molar-refractivity contribution < 1.29 is 13.2 Å². The highest BCUT2D eigenvalue weighted by atomic mass is 32.2. The molecule has 1 saturated heterocycles. The molecule has 10 heteroatoms. The molecule has 170 valence electrons. The summed E-state index contributed by atoms with van der Waals surface area (Å²) in [5, 5.41) is 4.48. The number of nitrogens with zero attached hydrogens (tertiary/aromatic N) is 3. The highest BCUT2D eigenvalue weighted by Crippen LogP contribution is 2.29. The van der Waals surface area contributed by atoms with Gasteiger partial charge in [-0.3, -0.25) is 14.3 Å². The van der Waals surface area contributed by atoms with Crippen LogP contribution in [-0.2, 0) is 21.9 Å². The Morgan fingerprint density at radius 3 is 2.59 bits per heavy atom. The molecule has 1 unspecified atom stereocenters. The van der Waals surface area contributed by atoms with Gasteiger partial charge in [-0.15, -0.1) is 11.3 Å². The topological polar surface area (TPSA) is 93.4 Å². The van der Waals surface area contributed by atoms with E-state index in [2.05, 4.69) is 5.32 Å². The fourth-order valence-electron chi connectivity index (χ4n) is 4.14. The standard InChI is InChI=1S/C22H26N4O4S2/c1-16-21(22(28)26(24(16)2)17-9-4-3-5-10-17)23-19(27)15-18-11-6-7-13-25(18)32(29,30)20-12-8-14-31-20/h3-5,8-10,12,14,18H,6-7,11,13,15H2,1-2H3,(H,23,27). The first-order valence-electron chi connectivity index (χ1n) is 10.5. The summed E-state index contributed by atoms with van der Waals surface area (Å²) in [7, 11) is -1.88. The highest BCUT2D eigenvalue weighted by molar-refractivity contribution is 7.91. The predicted octanol–water partition coefficient (Wildman–Crippen LogP) is 3.12. The zero-order valence-corrected chi connectivity index (χ0v) is 19.7. The first kappa shape index (κ1) is 22.5. The van der Waals surface area contributed by atoms with Gasteiger partial charge in [0.05, 0.1) is 11.4 Å². The maximum Gasteiger partial charge on any atom is 0.295 e. The Kier molecular flexibility index (Phi) is 6.36. The molecule has 0 aliphatic carbocycles. The molecule has 2 aromatic heterocycles. The van der Waals surface area contributed by atoms with Crippen LogP contribution in [0.25, 0.3) is 5.69 Å². The van der Waals surface area contributed by atoms with Crippen molar-refractivity contribution in [2.24, 2.45) is 7.05 Å². The first-order chi connectivity index (χ1) is 15.3. The number of carbonyl (C=O) groups is 1. The van der Waals surface area contributed by atoms with Crippen molar-refractivity contribution in [2.45, 2.75) is 42.9 Å². The maximum atomic E-state index is 13.1. The van der Waals surface area contributed by atoms with Crippen molar-refractivity contribution in [3.05, 3.63) is 63.9 Å². The molecule has 3 aromatic rings. The lowest BCUT2D eigenvalue weighted by Gasteiger charge is -2.33. The monoisotopic (exact) mass is 474 g/mol. The maximum absolute atomic E-state index is 13.1. The SMILES string of the molecule is Cc1c(NC(=O)CC2CCCCN2S(=O)(=O)c2cccs2)c(=O)n(-c2ccccc2)n1C. The number of benzene rings is 1. The number of para-hydroxylation sites is 1. The van der Waals surface area contributed by atoms with E-state index in [4.69, 9.17) is 0 Å². The minimum absolute atomic E-state index is 0.00369. The normalized spacial score (nSPS) is 17.4. The van der Waals surface area contributed by atoms with Gasteiger partial charge in [-0.05, 0) is 43.3 Å². The van der Waals surface area contributed by atoms with Crippen molar-refractivity contribution in [1.29, 1.82) is 0 Å². The van der Waals surface area contributed by atoms with Gasteiger partial charge in [0, 0.05) is 26.1 Å². The van der Waals surface area contributed by atoms with Crippen molar-refractivity contribution >= 4 is 33.0 Å². The van der Waals surface area contributed by atoms with Crippen LogP contribution in [0.3, 0.4) is 0 Å². The molecule has 32 heavy (non-hydrogen) atoms. The van der Waals surface area contributed by atoms with Crippen LogP contribution in [0.5, 0.6) is 0 Å². The molecule has 1 aliphatic rings. The lowest BCUT2D eigenvalue weighted by molar-refractivity contribution is -0.117. The van der Waals surface area contributed by atoms with Gasteiger partial charge in [0.2, 0.25) is 5.91 Å². The Balaban J connectivity index is 1.55. The number of thiophene rings is 1. The van der Waals surface area contributed by atoms with Gasteiger partial charge < -0.3 is 5.32 Å². The molecule has 4 rings (SSSR count). The molecule has 0 radical (unpaired) electrons. The predicted molar refractivity (Wildman–Crippen MR) is 125 cm³/mol. The summed E-state index contributed by atoms with van der Waals surface area (Å²) in [5.74, 6) is -0.366. The minimum Gasteiger partial charge on any atom is -0.320 e. The number of amides is 1. The fraction of sp³-hybridized carbons (Fsp3) is 0.364. The number of aromatic nitrogens is 2. The van der Waals surface area contributed by atoms with Crippen LogP contribution >= 0.6 is 11.3 Å². The molecule has 1 amide bonds. The van der Waals surface area contributed by atoms with Crippen molar-refractivity contribution in [1.82, 2.24) is 13.7 Å². The molecule has 1 N–H and O–H groups in total. The summed E-state index contributed by atoms with van der Waals surface area (Å²) in [6.45, 7) is 2.16. The summed E-state index contributed by atoms with van der Waals surface area (Å²) >= 11 is 1.18. The lowest BCUT2D eigenvalue weighted by Crippen LogP contribution is -2.45. The third kappa shape index (κ3) is 4.17. The van der Waals surface area contributed by atoms with Gasteiger partial charge in [0.1, 0.15) is 9.90 Å². The van der Waals surface area contributed by atoms with Gasteiger partial charge in [0.25, 0.3) is 15.6 Å². The van der Waals surface area contributed by atoms with E-state index in [-0.39, 0.29) is 27.8 Å². The lowest BCUT2D eigenvalue weighted by atomic mass is 10.0. The van der Waals surface area contributed by atoms with Crippen molar-refractivity contribution in [2.75, 3.05) is 11.9 Å². The van der Waals surface area contributed by atoms with Crippen LogP contribution < -0.4 is 10.9 Å². The number of nitrogens with one attached hydrogen (secondary N) is 1. The number of carbonyl (C=O) groups excluding carboxylic acids is 1. The minimum atomic E-state index is -3.64. The van der Waals surface area contributed by atoms with E-state index in [1.165, 1.54) is 20.3 Å². The molecule has 8 nitrogen and oxygen atoms in total. The second-order valence-corrected chi connectivity index (χ2v) is 11.0. The Bertz CT molecular complexity index is 1260.